The van der Waals surface area contributed by atoms with Crippen LogP contribution in [-0.4, -0.2) is 30.2 Å². The van der Waals surface area contributed by atoms with Crippen molar-refractivity contribution in [3.05, 3.63) is 0 Å². The van der Waals surface area contributed by atoms with Crippen LogP contribution in [0.2, 0.25) is 0 Å². The van der Waals surface area contributed by atoms with E-state index in [1.165, 1.54) is 19.3 Å². The molecule has 0 unspecified atom stereocenters. The number of nitrogens with one attached hydrogen (secondary N) is 1. The molecule has 90 valence electrons. The smallest absolute Gasteiger partial charge is 0.282 e. The number of hydrogen-bond donors (Lipinski definition) is 2. The lowest BCUT2D eigenvalue weighted by molar-refractivity contribution is -0.0497. The lowest BCUT2D eigenvalue weighted by Crippen LogP contribution is -2.41. The molecule has 0 aromatic rings. The zero-order chi connectivity index (χ0) is 11.1. The number of aliphatic hydroxyl groups is 1. The van der Waals surface area contributed by atoms with E-state index >= 15 is 0 Å². The van der Waals surface area contributed by atoms with Gasteiger partial charge < -0.3 is 10.4 Å². The van der Waals surface area contributed by atoms with Gasteiger partial charge in [-0.1, -0.05) is 32.1 Å². The summed E-state index contributed by atoms with van der Waals surface area (Å²) in [6.07, 6.45) is 7.94. The SMILES string of the molecule is OCC(F)(F)CNC1CCCCCCC1. The summed E-state index contributed by atoms with van der Waals surface area (Å²) in [5, 5.41) is 11.3. The molecule has 1 aliphatic rings. The van der Waals surface area contributed by atoms with Crippen molar-refractivity contribution >= 4 is 0 Å². The van der Waals surface area contributed by atoms with E-state index in [-0.39, 0.29) is 6.04 Å². The molecule has 4 heteroatoms. The topological polar surface area (TPSA) is 32.3 Å². The second-order valence-electron chi connectivity index (χ2n) is 4.44. The molecule has 0 spiro atoms. The first-order valence-corrected chi connectivity index (χ1v) is 5.86. The molecule has 2 N–H and O–H groups in total. The number of aliphatic hydroxyl groups excluding tert-OH is 1. The lowest BCUT2D eigenvalue weighted by atomic mass is 9.96. The standard InChI is InChI=1S/C11H21F2NO/c12-11(13,9-15)8-14-10-6-4-2-1-3-5-7-10/h10,14-15H,1-9H2. The third-order valence-electron chi connectivity index (χ3n) is 2.99. The molecule has 2 nitrogen and oxygen atoms in total. The zero-order valence-corrected chi connectivity index (χ0v) is 9.14. The molecule has 15 heavy (non-hydrogen) atoms. The van der Waals surface area contributed by atoms with Crippen LogP contribution in [0.1, 0.15) is 44.9 Å². The van der Waals surface area contributed by atoms with Crippen LogP contribution in [0, 0.1) is 0 Å². The van der Waals surface area contributed by atoms with E-state index < -0.39 is 19.1 Å². The van der Waals surface area contributed by atoms with Crippen molar-refractivity contribution in [2.45, 2.75) is 56.9 Å². The number of alkyl halides is 2. The van der Waals surface area contributed by atoms with E-state index in [0.29, 0.717) is 0 Å². The molecule has 0 bridgehead atoms. The molecule has 0 aliphatic heterocycles. The maximum atomic E-state index is 12.8. The van der Waals surface area contributed by atoms with E-state index in [4.69, 9.17) is 5.11 Å². The van der Waals surface area contributed by atoms with Gasteiger partial charge in [-0.2, -0.15) is 0 Å². The predicted octanol–water partition coefficient (Wildman–Crippen LogP) is 2.32. The highest BCUT2D eigenvalue weighted by molar-refractivity contribution is 4.75. The van der Waals surface area contributed by atoms with Crippen LogP contribution in [0.15, 0.2) is 0 Å². The molecule has 0 aromatic heterocycles. The third kappa shape index (κ3) is 5.42. The van der Waals surface area contributed by atoms with E-state index in [9.17, 15) is 8.78 Å². The van der Waals surface area contributed by atoms with Gasteiger partial charge in [0.2, 0.25) is 0 Å². The average Bonchev–Trinajstić information content (AvgIpc) is 2.16. The van der Waals surface area contributed by atoms with Crippen LogP contribution in [0.25, 0.3) is 0 Å². The molecule has 1 rings (SSSR count). The van der Waals surface area contributed by atoms with Gasteiger partial charge in [-0.05, 0) is 12.8 Å². The summed E-state index contributed by atoms with van der Waals surface area (Å²) < 4.78 is 25.6. The van der Waals surface area contributed by atoms with Gasteiger partial charge in [0.25, 0.3) is 5.92 Å². The van der Waals surface area contributed by atoms with Crippen molar-refractivity contribution < 1.29 is 13.9 Å². The Morgan fingerprint density at radius 1 is 1.07 bits per heavy atom. The summed E-state index contributed by atoms with van der Waals surface area (Å²) in [7, 11) is 0. The molecule has 0 amide bonds. The minimum absolute atomic E-state index is 0.211. The predicted molar refractivity (Wildman–Crippen MR) is 56.1 cm³/mol. The van der Waals surface area contributed by atoms with Gasteiger partial charge in [-0.3, -0.25) is 0 Å². The Morgan fingerprint density at radius 2 is 1.60 bits per heavy atom. The fourth-order valence-corrected chi connectivity index (χ4v) is 2.01. The van der Waals surface area contributed by atoms with Crippen LogP contribution in [-0.2, 0) is 0 Å². The summed E-state index contributed by atoms with van der Waals surface area (Å²) in [5.41, 5.74) is 0. The first kappa shape index (κ1) is 12.8. The van der Waals surface area contributed by atoms with E-state index in [0.717, 1.165) is 25.7 Å². The Kier molecular flexibility index (Phi) is 5.47. The fraction of sp³-hybridized carbons (Fsp3) is 1.00. The van der Waals surface area contributed by atoms with Gasteiger partial charge >= 0.3 is 0 Å². The number of halogens is 2. The molecule has 1 aliphatic carbocycles. The minimum atomic E-state index is -2.97. The molecule has 0 saturated heterocycles. The highest BCUT2D eigenvalue weighted by Gasteiger charge is 2.28. The quantitative estimate of drug-likeness (QED) is 0.763. The zero-order valence-electron chi connectivity index (χ0n) is 9.14. The second-order valence-corrected chi connectivity index (χ2v) is 4.44. The molecule has 0 heterocycles. The summed E-state index contributed by atoms with van der Waals surface area (Å²) in [6, 6.07) is 0.211. The fourth-order valence-electron chi connectivity index (χ4n) is 2.01. The van der Waals surface area contributed by atoms with Crippen LogP contribution in [0.4, 0.5) is 8.78 Å². The molecule has 1 saturated carbocycles. The van der Waals surface area contributed by atoms with Crippen LogP contribution in [0.3, 0.4) is 0 Å². The summed E-state index contributed by atoms with van der Waals surface area (Å²) in [5.74, 6) is -2.97. The lowest BCUT2D eigenvalue weighted by Gasteiger charge is -2.23. The average molecular weight is 221 g/mol. The van der Waals surface area contributed by atoms with Gasteiger partial charge in [0.15, 0.2) is 0 Å². The number of rotatable bonds is 4. The first-order chi connectivity index (χ1) is 7.14. The maximum absolute atomic E-state index is 12.8. The van der Waals surface area contributed by atoms with Crippen LogP contribution < -0.4 is 5.32 Å². The Morgan fingerprint density at radius 3 is 2.13 bits per heavy atom. The highest BCUT2D eigenvalue weighted by atomic mass is 19.3. The Bertz CT molecular complexity index is 168. The molecular formula is C11H21F2NO. The second kappa shape index (κ2) is 6.38. The van der Waals surface area contributed by atoms with Gasteiger partial charge in [-0.25, -0.2) is 8.78 Å². The van der Waals surface area contributed by atoms with Crippen molar-refractivity contribution in [1.82, 2.24) is 5.32 Å². The van der Waals surface area contributed by atoms with Crippen molar-refractivity contribution in [2.75, 3.05) is 13.2 Å². The highest BCUT2D eigenvalue weighted by Crippen LogP contribution is 2.18. The van der Waals surface area contributed by atoms with Crippen molar-refractivity contribution in [1.29, 1.82) is 0 Å². The Balaban J connectivity index is 2.23. The third-order valence-corrected chi connectivity index (χ3v) is 2.99. The number of hydrogen-bond acceptors (Lipinski definition) is 2. The van der Waals surface area contributed by atoms with Gasteiger partial charge in [0, 0.05) is 6.04 Å². The van der Waals surface area contributed by atoms with Crippen molar-refractivity contribution in [3.63, 3.8) is 0 Å². The molecule has 1 fully saturated rings. The van der Waals surface area contributed by atoms with E-state index in [1.54, 1.807) is 0 Å². The first-order valence-electron chi connectivity index (χ1n) is 5.86. The summed E-state index contributed by atoms with van der Waals surface area (Å²) >= 11 is 0. The van der Waals surface area contributed by atoms with Gasteiger partial charge in [0.1, 0.15) is 6.61 Å². The maximum Gasteiger partial charge on any atom is 0.282 e. The monoisotopic (exact) mass is 221 g/mol. The van der Waals surface area contributed by atoms with Crippen molar-refractivity contribution in [3.8, 4) is 0 Å². The molecule has 0 radical (unpaired) electrons. The van der Waals surface area contributed by atoms with E-state index in [2.05, 4.69) is 5.32 Å². The molecule has 0 atom stereocenters. The van der Waals surface area contributed by atoms with Crippen molar-refractivity contribution in [2.24, 2.45) is 0 Å². The normalized spacial score (nSPS) is 21.0. The van der Waals surface area contributed by atoms with Crippen LogP contribution in [0.5, 0.6) is 0 Å². The van der Waals surface area contributed by atoms with E-state index in [1.807, 2.05) is 0 Å². The van der Waals surface area contributed by atoms with Crippen LogP contribution >= 0.6 is 0 Å². The molecular weight excluding hydrogens is 200 g/mol. The summed E-state index contributed by atoms with van der Waals surface area (Å²) in [6.45, 7) is -1.46. The Hall–Kier alpha value is -0.220. The summed E-state index contributed by atoms with van der Waals surface area (Å²) in [4.78, 5) is 0. The van der Waals surface area contributed by atoms with Gasteiger partial charge in [-0.15, -0.1) is 0 Å². The molecule has 0 aromatic carbocycles. The minimum Gasteiger partial charge on any atom is -0.390 e. The largest absolute Gasteiger partial charge is 0.390 e. The van der Waals surface area contributed by atoms with Gasteiger partial charge in [0.05, 0.1) is 6.54 Å². The Labute approximate surface area is 90.1 Å².